The molecule has 0 atom stereocenters. The summed E-state index contributed by atoms with van der Waals surface area (Å²) in [5.41, 5.74) is -0.577. The van der Waals surface area contributed by atoms with Crippen molar-refractivity contribution in [3.05, 3.63) is 0 Å². The van der Waals surface area contributed by atoms with Gasteiger partial charge in [-0.05, 0) is 13.8 Å². The van der Waals surface area contributed by atoms with E-state index < -0.39 is 5.66 Å². The largest absolute Gasteiger partial charge is 0.333 e. The maximum Gasteiger partial charge on any atom is 0.231 e. The second kappa shape index (κ2) is 1.97. The Kier molecular flexibility index (Phi) is 1.39. The van der Waals surface area contributed by atoms with Crippen LogP contribution in [0.15, 0.2) is 0 Å². The van der Waals surface area contributed by atoms with Gasteiger partial charge >= 0.3 is 0 Å². The molecule has 0 bridgehead atoms. The van der Waals surface area contributed by atoms with Gasteiger partial charge in [-0.3, -0.25) is 9.59 Å². The molecular formula is C6H10N2O2. The fraction of sp³-hybridized carbons (Fsp3) is 0.667. The molecule has 0 radical (unpaired) electrons. The Morgan fingerprint density at radius 1 is 1.20 bits per heavy atom. The number of rotatable bonds is 0. The van der Waals surface area contributed by atoms with E-state index in [0.29, 0.717) is 0 Å². The lowest BCUT2D eigenvalue weighted by atomic mass is 10.1. The summed E-state index contributed by atoms with van der Waals surface area (Å²) in [4.78, 5) is 21.4. The predicted octanol–water partition coefficient (Wildman–Crippen LogP) is -0.641. The Morgan fingerprint density at radius 3 is 1.90 bits per heavy atom. The van der Waals surface area contributed by atoms with E-state index >= 15 is 0 Å². The van der Waals surface area contributed by atoms with Gasteiger partial charge in [0, 0.05) is 0 Å². The van der Waals surface area contributed by atoms with Gasteiger partial charge in [0.05, 0.1) is 0 Å². The van der Waals surface area contributed by atoms with E-state index in [2.05, 4.69) is 10.6 Å². The molecule has 0 saturated carbocycles. The van der Waals surface area contributed by atoms with E-state index in [1.807, 2.05) is 0 Å². The summed E-state index contributed by atoms with van der Waals surface area (Å²) in [6, 6.07) is 0. The van der Waals surface area contributed by atoms with Crippen LogP contribution in [0.25, 0.3) is 0 Å². The van der Waals surface area contributed by atoms with Gasteiger partial charge in [0.25, 0.3) is 0 Å². The first kappa shape index (κ1) is 7.05. The molecule has 1 heterocycles. The van der Waals surface area contributed by atoms with Gasteiger partial charge in [0.15, 0.2) is 0 Å². The van der Waals surface area contributed by atoms with Gasteiger partial charge in [0.2, 0.25) is 11.8 Å². The molecule has 1 rings (SSSR count). The first-order valence-corrected chi connectivity index (χ1v) is 3.12. The van der Waals surface area contributed by atoms with Crippen LogP contribution in [0.2, 0.25) is 0 Å². The highest BCUT2D eigenvalue weighted by atomic mass is 16.2. The molecule has 0 aromatic rings. The highest BCUT2D eigenvalue weighted by molar-refractivity contribution is 5.99. The first-order valence-electron chi connectivity index (χ1n) is 3.12. The summed E-state index contributed by atoms with van der Waals surface area (Å²) in [6.07, 6.45) is -0.0522. The normalized spacial score (nSPS) is 23.4. The fourth-order valence-electron chi connectivity index (χ4n) is 0.963. The molecule has 10 heavy (non-hydrogen) atoms. The van der Waals surface area contributed by atoms with Crippen molar-refractivity contribution in [2.75, 3.05) is 0 Å². The molecule has 0 aromatic carbocycles. The third-order valence-electron chi connectivity index (χ3n) is 1.22. The van der Waals surface area contributed by atoms with Crippen molar-refractivity contribution in [2.45, 2.75) is 25.9 Å². The van der Waals surface area contributed by atoms with Gasteiger partial charge in [0.1, 0.15) is 12.1 Å². The molecule has 4 heteroatoms. The molecule has 1 aliphatic rings. The maximum atomic E-state index is 10.7. The van der Waals surface area contributed by atoms with Gasteiger partial charge in [-0.1, -0.05) is 0 Å². The van der Waals surface area contributed by atoms with Gasteiger partial charge in [-0.2, -0.15) is 0 Å². The summed E-state index contributed by atoms with van der Waals surface area (Å²) in [6.45, 7) is 3.48. The van der Waals surface area contributed by atoms with Crippen molar-refractivity contribution in [1.29, 1.82) is 0 Å². The molecule has 1 aliphatic heterocycles. The van der Waals surface area contributed by atoms with E-state index in [4.69, 9.17) is 0 Å². The maximum absolute atomic E-state index is 10.7. The smallest absolute Gasteiger partial charge is 0.231 e. The lowest BCUT2D eigenvalue weighted by Gasteiger charge is -2.31. The summed E-state index contributed by atoms with van der Waals surface area (Å²) >= 11 is 0. The molecule has 2 N–H and O–H groups in total. The van der Waals surface area contributed by atoms with E-state index in [-0.39, 0.29) is 18.2 Å². The predicted molar refractivity (Wildman–Crippen MR) is 35.0 cm³/mol. The van der Waals surface area contributed by atoms with Crippen LogP contribution in [0.1, 0.15) is 20.3 Å². The average Bonchev–Trinajstić information content (AvgIpc) is 1.54. The van der Waals surface area contributed by atoms with Gasteiger partial charge in [-0.15, -0.1) is 0 Å². The Bertz CT molecular complexity index is 168. The summed E-state index contributed by atoms with van der Waals surface area (Å²) < 4.78 is 0. The number of amides is 2. The Balaban J connectivity index is 2.68. The Morgan fingerprint density at radius 2 is 1.60 bits per heavy atom. The molecule has 1 saturated heterocycles. The SMILES string of the molecule is CC1(C)NC(=O)CC(=O)N1. The molecule has 4 nitrogen and oxygen atoms in total. The van der Waals surface area contributed by atoms with Crippen LogP contribution in [-0.2, 0) is 9.59 Å². The zero-order valence-electron chi connectivity index (χ0n) is 6.02. The molecule has 0 spiro atoms. The molecular weight excluding hydrogens is 132 g/mol. The standard InChI is InChI=1S/C6H10N2O2/c1-6(2)7-4(9)3-5(10)8-6/h3H2,1-2H3,(H,7,9)(H,8,10). The molecule has 1 fully saturated rings. The molecule has 56 valence electrons. The lowest BCUT2D eigenvalue weighted by Crippen LogP contribution is -2.61. The van der Waals surface area contributed by atoms with E-state index in [0.717, 1.165) is 0 Å². The van der Waals surface area contributed by atoms with Crippen molar-refractivity contribution < 1.29 is 9.59 Å². The fourth-order valence-corrected chi connectivity index (χ4v) is 0.963. The summed E-state index contributed by atoms with van der Waals surface area (Å²) in [7, 11) is 0. The number of carbonyl (C=O) groups is 2. The number of nitrogens with one attached hydrogen (secondary N) is 2. The van der Waals surface area contributed by atoms with Crippen LogP contribution in [0.4, 0.5) is 0 Å². The van der Waals surface area contributed by atoms with Crippen LogP contribution in [0.3, 0.4) is 0 Å². The zero-order valence-corrected chi connectivity index (χ0v) is 6.02. The van der Waals surface area contributed by atoms with E-state index in [1.165, 1.54) is 0 Å². The third-order valence-corrected chi connectivity index (χ3v) is 1.22. The highest BCUT2D eigenvalue weighted by Crippen LogP contribution is 2.02. The van der Waals surface area contributed by atoms with Crippen molar-refractivity contribution in [1.82, 2.24) is 10.6 Å². The number of hydrogen-bond acceptors (Lipinski definition) is 2. The second-order valence-corrected chi connectivity index (χ2v) is 2.90. The van der Waals surface area contributed by atoms with Gasteiger partial charge < -0.3 is 10.6 Å². The van der Waals surface area contributed by atoms with E-state index in [9.17, 15) is 9.59 Å². The van der Waals surface area contributed by atoms with Crippen molar-refractivity contribution in [3.8, 4) is 0 Å². The second-order valence-electron chi connectivity index (χ2n) is 2.90. The molecule has 0 unspecified atom stereocenters. The minimum atomic E-state index is -0.577. The zero-order chi connectivity index (χ0) is 7.78. The molecule has 0 aromatic heterocycles. The quantitative estimate of drug-likeness (QED) is 0.442. The van der Waals surface area contributed by atoms with Crippen LogP contribution in [-0.4, -0.2) is 17.5 Å². The first-order chi connectivity index (χ1) is 4.49. The Hall–Kier alpha value is -1.06. The molecule has 0 aliphatic carbocycles. The Labute approximate surface area is 59.0 Å². The van der Waals surface area contributed by atoms with Crippen molar-refractivity contribution in [2.24, 2.45) is 0 Å². The van der Waals surface area contributed by atoms with Crippen LogP contribution in [0.5, 0.6) is 0 Å². The highest BCUT2D eigenvalue weighted by Gasteiger charge is 2.28. The topological polar surface area (TPSA) is 58.2 Å². The number of hydrogen-bond donors (Lipinski definition) is 2. The molecule has 2 amide bonds. The average molecular weight is 142 g/mol. The summed E-state index contributed by atoms with van der Waals surface area (Å²) in [5, 5.41) is 5.23. The lowest BCUT2D eigenvalue weighted by molar-refractivity contribution is -0.136. The van der Waals surface area contributed by atoms with E-state index in [1.54, 1.807) is 13.8 Å². The minimum Gasteiger partial charge on any atom is -0.333 e. The summed E-state index contributed by atoms with van der Waals surface area (Å²) in [5.74, 6) is -0.428. The van der Waals surface area contributed by atoms with Crippen LogP contribution >= 0.6 is 0 Å². The third kappa shape index (κ3) is 1.46. The van der Waals surface area contributed by atoms with Gasteiger partial charge in [-0.25, -0.2) is 0 Å². The van der Waals surface area contributed by atoms with Crippen LogP contribution in [0, 0.1) is 0 Å². The van der Waals surface area contributed by atoms with Crippen LogP contribution < -0.4 is 10.6 Å². The van der Waals surface area contributed by atoms with Crippen molar-refractivity contribution in [3.63, 3.8) is 0 Å². The monoisotopic (exact) mass is 142 g/mol. The van der Waals surface area contributed by atoms with Crippen molar-refractivity contribution >= 4 is 11.8 Å². The number of carbonyl (C=O) groups excluding carboxylic acids is 2. The minimum absolute atomic E-state index is 0.0522.